The molecule has 1 aliphatic rings. The number of aryl methyl sites for hydroxylation is 1. The Balaban J connectivity index is 1.65. The molecule has 2 aromatic rings. The first-order chi connectivity index (χ1) is 13.0. The summed E-state index contributed by atoms with van der Waals surface area (Å²) in [6.07, 6.45) is 5.55. The molecule has 0 atom stereocenters. The van der Waals surface area contributed by atoms with Gasteiger partial charge in [0.05, 0.1) is 10.6 Å². The molecular weight excluding hydrogens is 385 g/mol. The van der Waals surface area contributed by atoms with Crippen molar-refractivity contribution in [3.05, 3.63) is 58.4 Å². The minimum absolute atomic E-state index is 0.0621. The van der Waals surface area contributed by atoms with Crippen molar-refractivity contribution in [3.8, 4) is 11.1 Å². The molecule has 0 saturated carbocycles. The molecule has 2 aromatic carbocycles. The third-order valence-electron chi connectivity index (χ3n) is 5.81. The van der Waals surface area contributed by atoms with E-state index in [1.165, 1.54) is 61.7 Å². The summed E-state index contributed by atoms with van der Waals surface area (Å²) in [6, 6.07) is 10.9. The van der Waals surface area contributed by atoms with Gasteiger partial charge in [-0.15, -0.1) is 0 Å². The SMILES string of the molecule is CCC[Si@H]1CC[C@H](CCc2cc(F)c(-c3ccc(Cl)c(F)c3)c(F)c2)CC1. The minimum atomic E-state index is -0.681. The van der Waals surface area contributed by atoms with Crippen molar-refractivity contribution < 1.29 is 13.2 Å². The number of hydrogen-bond donors (Lipinski definition) is 0. The summed E-state index contributed by atoms with van der Waals surface area (Å²) in [6.45, 7) is 2.27. The Morgan fingerprint density at radius 3 is 2.26 bits per heavy atom. The van der Waals surface area contributed by atoms with Crippen LogP contribution < -0.4 is 0 Å². The van der Waals surface area contributed by atoms with Crippen LogP contribution in [0.5, 0.6) is 0 Å². The number of benzene rings is 2. The van der Waals surface area contributed by atoms with Gasteiger partial charge in [0.2, 0.25) is 0 Å². The van der Waals surface area contributed by atoms with Crippen molar-refractivity contribution in [1.82, 2.24) is 0 Å². The van der Waals surface area contributed by atoms with Crippen LogP contribution in [0.3, 0.4) is 0 Å². The van der Waals surface area contributed by atoms with Gasteiger partial charge in [0.1, 0.15) is 17.5 Å². The average molecular weight is 411 g/mol. The highest BCUT2D eigenvalue weighted by molar-refractivity contribution is 6.58. The molecule has 0 aliphatic carbocycles. The van der Waals surface area contributed by atoms with Gasteiger partial charge in [-0.25, -0.2) is 13.2 Å². The van der Waals surface area contributed by atoms with E-state index < -0.39 is 26.2 Å². The molecule has 0 radical (unpaired) electrons. The highest BCUT2D eigenvalue weighted by Gasteiger charge is 2.22. The third-order valence-corrected chi connectivity index (χ3v) is 9.81. The van der Waals surface area contributed by atoms with E-state index in [1.54, 1.807) is 0 Å². The van der Waals surface area contributed by atoms with Crippen LogP contribution in [0.25, 0.3) is 11.1 Å². The molecule has 1 aliphatic heterocycles. The van der Waals surface area contributed by atoms with Gasteiger partial charge in [-0.2, -0.15) is 0 Å². The van der Waals surface area contributed by atoms with Crippen molar-refractivity contribution in [2.24, 2.45) is 5.92 Å². The van der Waals surface area contributed by atoms with E-state index in [0.717, 1.165) is 12.5 Å². The van der Waals surface area contributed by atoms with Crippen molar-refractivity contribution in [1.29, 1.82) is 0 Å². The van der Waals surface area contributed by atoms with E-state index in [1.807, 2.05) is 0 Å². The fraction of sp³-hybridized carbons (Fsp3) is 0.455. The lowest BCUT2D eigenvalue weighted by Gasteiger charge is -2.27. The Labute approximate surface area is 166 Å². The maximum absolute atomic E-state index is 14.5. The van der Waals surface area contributed by atoms with Crippen molar-refractivity contribution in [2.45, 2.75) is 57.2 Å². The largest absolute Gasteiger partial charge is 0.206 e. The van der Waals surface area contributed by atoms with Crippen LogP contribution in [0.2, 0.25) is 23.2 Å². The normalized spacial score (nSPS) is 20.0. The molecule has 5 heteroatoms. The quantitative estimate of drug-likeness (QED) is 0.435. The average Bonchev–Trinajstić information content (AvgIpc) is 2.64. The van der Waals surface area contributed by atoms with E-state index in [4.69, 9.17) is 11.6 Å². The number of rotatable bonds is 6. The molecule has 0 spiro atoms. The van der Waals surface area contributed by atoms with E-state index in [-0.39, 0.29) is 16.1 Å². The van der Waals surface area contributed by atoms with Crippen LogP contribution in [-0.2, 0) is 6.42 Å². The molecule has 1 fully saturated rings. The molecule has 0 bridgehead atoms. The van der Waals surface area contributed by atoms with Crippen molar-refractivity contribution in [2.75, 3.05) is 0 Å². The molecule has 146 valence electrons. The summed E-state index contributed by atoms with van der Waals surface area (Å²) < 4.78 is 42.7. The van der Waals surface area contributed by atoms with Crippen LogP contribution in [0, 0.1) is 23.4 Å². The molecule has 27 heavy (non-hydrogen) atoms. The first kappa shape index (κ1) is 20.5. The van der Waals surface area contributed by atoms with E-state index in [0.29, 0.717) is 17.9 Å². The Morgan fingerprint density at radius 2 is 1.67 bits per heavy atom. The summed E-state index contributed by atoms with van der Waals surface area (Å²) >= 11 is 5.65. The predicted octanol–water partition coefficient (Wildman–Crippen LogP) is 7.40. The van der Waals surface area contributed by atoms with Gasteiger partial charge in [-0.3, -0.25) is 0 Å². The fourth-order valence-electron chi connectivity index (χ4n) is 4.29. The van der Waals surface area contributed by atoms with Crippen molar-refractivity contribution in [3.63, 3.8) is 0 Å². The smallest absolute Gasteiger partial charge is 0.142 e. The molecular formula is C22H26ClF3Si. The maximum atomic E-state index is 14.5. The lowest BCUT2D eigenvalue weighted by Crippen LogP contribution is -2.21. The number of halogens is 4. The molecule has 1 heterocycles. The zero-order chi connectivity index (χ0) is 19.4. The van der Waals surface area contributed by atoms with Crippen LogP contribution >= 0.6 is 11.6 Å². The van der Waals surface area contributed by atoms with Gasteiger partial charge < -0.3 is 0 Å². The molecule has 0 unspecified atom stereocenters. The van der Waals surface area contributed by atoms with E-state index in [9.17, 15) is 13.2 Å². The van der Waals surface area contributed by atoms with Gasteiger partial charge in [-0.05, 0) is 54.2 Å². The summed E-state index contributed by atoms with van der Waals surface area (Å²) in [7, 11) is -0.489. The summed E-state index contributed by atoms with van der Waals surface area (Å²) in [4.78, 5) is 0. The topological polar surface area (TPSA) is 0 Å². The van der Waals surface area contributed by atoms with Crippen LogP contribution in [0.4, 0.5) is 13.2 Å². The molecule has 0 N–H and O–H groups in total. The Hall–Kier alpha value is -1.26. The Bertz CT molecular complexity index is 762. The van der Waals surface area contributed by atoms with Crippen LogP contribution in [0.15, 0.2) is 30.3 Å². The lowest BCUT2D eigenvalue weighted by molar-refractivity contribution is 0.436. The number of hydrogen-bond acceptors (Lipinski definition) is 0. The summed E-state index contributed by atoms with van der Waals surface area (Å²) in [5.41, 5.74) is 0.647. The van der Waals surface area contributed by atoms with E-state index in [2.05, 4.69) is 6.92 Å². The van der Waals surface area contributed by atoms with E-state index >= 15 is 0 Å². The monoisotopic (exact) mass is 410 g/mol. The van der Waals surface area contributed by atoms with Crippen LogP contribution in [0.1, 0.15) is 38.2 Å². The first-order valence-electron chi connectivity index (χ1n) is 9.91. The lowest BCUT2D eigenvalue weighted by atomic mass is 9.93. The highest BCUT2D eigenvalue weighted by Crippen LogP contribution is 2.33. The van der Waals surface area contributed by atoms with Gasteiger partial charge in [-0.1, -0.05) is 62.0 Å². The van der Waals surface area contributed by atoms with Crippen LogP contribution in [-0.4, -0.2) is 8.80 Å². The van der Waals surface area contributed by atoms with Gasteiger partial charge in [0, 0.05) is 8.80 Å². The second kappa shape index (κ2) is 9.29. The fourth-order valence-corrected chi connectivity index (χ4v) is 7.97. The van der Waals surface area contributed by atoms with Gasteiger partial charge in [0.15, 0.2) is 0 Å². The summed E-state index contributed by atoms with van der Waals surface area (Å²) in [5, 5.41) is -0.0621. The molecule has 3 rings (SSSR count). The minimum Gasteiger partial charge on any atom is -0.206 e. The molecule has 0 nitrogen and oxygen atoms in total. The zero-order valence-electron chi connectivity index (χ0n) is 15.7. The summed E-state index contributed by atoms with van der Waals surface area (Å²) in [5.74, 6) is -1.29. The second-order valence-electron chi connectivity index (χ2n) is 7.78. The first-order valence-corrected chi connectivity index (χ1v) is 12.7. The molecule has 0 amide bonds. The third kappa shape index (κ3) is 5.17. The zero-order valence-corrected chi connectivity index (χ0v) is 17.6. The van der Waals surface area contributed by atoms with Gasteiger partial charge in [0.25, 0.3) is 0 Å². The van der Waals surface area contributed by atoms with Crippen molar-refractivity contribution >= 4 is 20.4 Å². The predicted molar refractivity (Wildman–Crippen MR) is 110 cm³/mol. The highest BCUT2D eigenvalue weighted by atomic mass is 35.5. The standard InChI is InChI=1S/C22H26ClF3Si/c1-2-9-27-10-7-15(8-11-27)3-4-16-12-20(25)22(21(26)13-16)17-5-6-18(23)19(24)14-17/h5-6,12-15,27H,2-4,7-11H2,1H3/t15-,27-. The molecule has 1 saturated heterocycles. The Kier molecular flexibility index (Phi) is 7.04. The molecule has 0 aromatic heterocycles. The van der Waals surface area contributed by atoms with Gasteiger partial charge >= 0.3 is 0 Å². The maximum Gasteiger partial charge on any atom is 0.142 e. The Morgan fingerprint density at radius 1 is 1.00 bits per heavy atom. The second-order valence-corrected chi connectivity index (χ2v) is 11.6.